The van der Waals surface area contributed by atoms with E-state index in [1.807, 2.05) is 41.9 Å². The minimum Gasteiger partial charge on any atom is -0.493 e. The van der Waals surface area contributed by atoms with Crippen LogP contribution in [-0.4, -0.2) is 22.9 Å². The van der Waals surface area contributed by atoms with Gasteiger partial charge in [-0.15, -0.1) is 22.7 Å². The molecule has 33 heavy (non-hydrogen) atoms. The highest BCUT2D eigenvalue weighted by Crippen LogP contribution is 2.36. The molecule has 10 heteroatoms. The van der Waals surface area contributed by atoms with Crippen molar-refractivity contribution >= 4 is 40.0 Å². The zero-order valence-corrected chi connectivity index (χ0v) is 19.4. The van der Waals surface area contributed by atoms with Crippen molar-refractivity contribution in [2.75, 3.05) is 12.4 Å². The van der Waals surface area contributed by atoms with Crippen LogP contribution in [0.5, 0.6) is 11.5 Å². The Morgan fingerprint density at radius 2 is 2.06 bits per heavy atom. The Hall–Kier alpha value is -3.76. The Morgan fingerprint density at radius 3 is 2.73 bits per heavy atom. The molecule has 0 aliphatic carbocycles. The van der Waals surface area contributed by atoms with Gasteiger partial charge in [0.25, 0.3) is 11.6 Å². The average Bonchev–Trinajstić information content (AvgIpc) is 3.48. The van der Waals surface area contributed by atoms with Crippen LogP contribution in [0.25, 0.3) is 10.4 Å². The molecule has 0 radical (unpaired) electrons. The van der Waals surface area contributed by atoms with Gasteiger partial charge in [-0.3, -0.25) is 14.9 Å². The standard InChI is InChI=1S/C23H19N3O5S2/c1-14-6-7-33-22(14)15-4-3-5-16(8-15)25-23(27)18-9-20(30-2)21(10-19(18)26(28)29)31-11-17-12-32-13-24-17/h3-10,12-13H,11H2,1-2H3,(H,25,27). The first kappa shape index (κ1) is 22.4. The van der Waals surface area contributed by atoms with Gasteiger partial charge in [-0.1, -0.05) is 12.1 Å². The van der Waals surface area contributed by atoms with E-state index in [4.69, 9.17) is 9.47 Å². The third kappa shape index (κ3) is 5.02. The quantitative estimate of drug-likeness (QED) is 0.247. The number of nitro benzene ring substituents is 1. The first-order valence-electron chi connectivity index (χ1n) is 9.78. The zero-order valence-electron chi connectivity index (χ0n) is 17.7. The molecule has 0 bridgehead atoms. The predicted molar refractivity (Wildman–Crippen MR) is 129 cm³/mol. The lowest BCUT2D eigenvalue weighted by Crippen LogP contribution is -2.14. The van der Waals surface area contributed by atoms with Gasteiger partial charge >= 0.3 is 0 Å². The number of carbonyl (C=O) groups is 1. The first-order chi connectivity index (χ1) is 16.0. The lowest BCUT2D eigenvalue weighted by molar-refractivity contribution is -0.385. The third-order valence-electron chi connectivity index (χ3n) is 4.83. The number of ether oxygens (including phenoxy) is 2. The summed E-state index contributed by atoms with van der Waals surface area (Å²) in [5.41, 5.74) is 4.47. The molecule has 2 aromatic carbocycles. The van der Waals surface area contributed by atoms with E-state index in [9.17, 15) is 14.9 Å². The first-order valence-corrected chi connectivity index (χ1v) is 11.6. The molecule has 0 unspecified atom stereocenters. The van der Waals surface area contributed by atoms with Crippen molar-refractivity contribution < 1.29 is 19.2 Å². The number of nitrogens with zero attached hydrogens (tertiary/aromatic N) is 2. The number of methoxy groups -OCH3 is 1. The number of thiazole rings is 1. The average molecular weight is 482 g/mol. The maximum Gasteiger partial charge on any atom is 0.286 e. The number of hydrogen-bond acceptors (Lipinski definition) is 8. The molecule has 0 aliphatic heterocycles. The van der Waals surface area contributed by atoms with Crippen LogP contribution >= 0.6 is 22.7 Å². The van der Waals surface area contributed by atoms with Gasteiger partial charge < -0.3 is 14.8 Å². The summed E-state index contributed by atoms with van der Waals surface area (Å²) >= 11 is 3.02. The second-order valence-corrected chi connectivity index (χ2v) is 8.65. The highest BCUT2D eigenvalue weighted by molar-refractivity contribution is 7.13. The highest BCUT2D eigenvalue weighted by Gasteiger charge is 2.25. The molecule has 2 heterocycles. The molecule has 0 aliphatic rings. The van der Waals surface area contributed by atoms with Gasteiger partial charge in [-0.25, -0.2) is 4.98 Å². The molecule has 0 fully saturated rings. The molecule has 0 saturated heterocycles. The molecule has 168 valence electrons. The van der Waals surface area contributed by atoms with Gasteiger partial charge in [0, 0.05) is 22.0 Å². The fourth-order valence-corrected chi connectivity index (χ4v) is 4.69. The van der Waals surface area contributed by atoms with E-state index >= 15 is 0 Å². The Labute approximate surface area is 197 Å². The van der Waals surface area contributed by atoms with E-state index in [0.29, 0.717) is 11.4 Å². The summed E-state index contributed by atoms with van der Waals surface area (Å²) in [5, 5.41) is 18.3. The van der Waals surface area contributed by atoms with Crippen LogP contribution in [0.4, 0.5) is 11.4 Å². The Morgan fingerprint density at radius 1 is 1.21 bits per heavy atom. The lowest BCUT2D eigenvalue weighted by atomic mass is 10.1. The van der Waals surface area contributed by atoms with Gasteiger partial charge in [0.1, 0.15) is 12.2 Å². The van der Waals surface area contributed by atoms with Crippen molar-refractivity contribution in [3.63, 3.8) is 0 Å². The molecule has 4 aromatic rings. The van der Waals surface area contributed by atoms with Crippen LogP contribution in [0, 0.1) is 17.0 Å². The number of aromatic nitrogens is 1. The van der Waals surface area contributed by atoms with E-state index in [0.717, 1.165) is 16.0 Å². The van der Waals surface area contributed by atoms with Gasteiger partial charge in [0.2, 0.25) is 0 Å². The van der Waals surface area contributed by atoms with Crippen LogP contribution in [0.3, 0.4) is 0 Å². The summed E-state index contributed by atoms with van der Waals surface area (Å²) in [6.45, 7) is 2.14. The van der Waals surface area contributed by atoms with Crippen LogP contribution in [-0.2, 0) is 6.61 Å². The van der Waals surface area contributed by atoms with E-state index in [1.165, 1.54) is 30.6 Å². The van der Waals surface area contributed by atoms with E-state index < -0.39 is 10.8 Å². The molecule has 1 N–H and O–H groups in total. The summed E-state index contributed by atoms with van der Waals surface area (Å²) in [5.74, 6) is -0.251. The molecular formula is C23H19N3O5S2. The number of nitrogens with one attached hydrogen (secondary N) is 1. The van der Waals surface area contributed by atoms with E-state index in [1.54, 1.807) is 22.9 Å². The highest BCUT2D eigenvalue weighted by atomic mass is 32.1. The van der Waals surface area contributed by atoms with Gasteiger partial charge in [0.05, 0.1) is 29.3 Å². The number of anilines is 1. The number of carbonyl (C=O) groups excluding carboxylic acids is 1. The predicted octanol–water partition coefficient (Wildman–Crippen LogP) is 5.93. The summed E-state index contributed by atoms with van der Waals surface area (Å²) in [4.78, 5) is 29.3. The molecule has 2 aromatic heterocycles. The third-order valence-corrected chi connectivity index (χ3v) is 6.53. The molecular weight excluding hydrogens is 462 g/mol. The molecule has 1 amide bonds. The van der Waals surface area contributed by atoms with Crippen molar-refractivity contribution in [1.82, 2.24) is 4.98 Å². The van der Waals surface area contributed by atoms with Crippen LogP contribution < -0.4 is 14.8 Å². The van der Waals surface area contributed by atoms with Crippen LogP contribution in [0.15, 0.2) is 58.7 Å². The lowest BCUT2D eigenvalue weighted by Gasteiger charge is -2.13. The smallest absolute Gasteiger partial charge is 0.286 e. The van der Waals surface area contributed by atoms with Crippen molar-refractivity contribution in [2.24, 2.45) is 0 Å². The SMILES string of the molecule is COc1cc(C(=O)Nc2cccc(-c3sccc3C)c2)c([N+](=O)[O-])cc1OCc1cscn1. The fourth-order valence-electron chi connectivity index (χ4n) is 3.22. The Balaban J connectivity index is 1.61. The number of benzene rings is 2. The summed E-state index contributed by atoms with van der Waals surface area (Å²) < 4.78 is 11.0. The number of thiophene rings is 1. The molecule has 0 spiro atoms. The molecule has 8 nitrogen and oxygen atoms in total. The van der Waals surface area contributed by atoms with Crippen molar-refractivity contribution in [3.05, 3.63) is 85.7 Å². The number of aryl methyl sites for hydroxylation is 1. The zero-order chi connectivity index (χ0) is 23.4. The topological polar surface area (TPSA) is 104 Å². The number of amides is 1. The molecule has 0 atom stereocenters. The van der Waals surface area contributed by atoms with E-state index in [-0.39, 0.29) is 29.4 Å². The van der Waals surface area contributed by atoms with Gasteiger partial charge in [0.15, 0.2) is 11.5 Å². The number of nitro groups is 1. The molecule has 4 rings (SSSR count). The van der Waals surface area contributed by atoms with Gasteiger partial charge in [-0.05, 0) is 41.6 Å². The maximum absolute atomic E-state index is 13.0. The minimum absolute atomic E-state index is 0.123. The monoisotopic (exact) mass is 481 g/mol. The normalized spacial score (nSPS) is 10.6. The van der Waals surface area contributed by atoms with Crippen molar-refractivity contribution in [3.8, 4) is 21.9 Å². The van der Waals surface area contributed by atoms with E-state index in [2.05, 4.69) is 10.3 Å². The second kappa shape index (κ2) is 9.80. The summed E-state index contributed by atoms with van der Waals surface area (Å²) in [7, 11) is 1.41. The maximum atomic E-state index is 13.0. The summed E-state index contributed by atoms with van der Waals surface area (Å²) in [6.07, 6.45) is 0. The van der Waals surface area contributed by atoms with Crippen LogP contribution in [0.2, 0.25) is 0 Å². The second-order valence-electron chi connectivity index (χ2n) is 7.01. The summed E-state index contributed by atoms with van der Waals surface area (Å²) in [6, 6.07) is 11.9. The Kier molecular flexibility index (Phi) is 6.66. The van der Waals surface area contributed by atoms with Crippen molar-refractivity contribution in [1.29, 1.82) is 0 Å². The van der Waals surface area contributed by atoms with Gasteiger partial charge in [-0.2, -0.15) is 0 Å². The molecule has 0 saturated carbocycles. The van der Waals surface area contributed by atoms with Crippen LogP contribution in [0.1, 0.15) is 21.6 Å². The fraction of sp³-hybridized carbons (Fsp3) is 0.130. The largest absolute Gasteiger partial charge is 0.493 e. The van der Waals surface area contributed by atoms with Crippen molar-refractivity contribution in [2.45, 2.75) is 13.5 Å². The number of rotatable bonds is 8. The minimum atomic E-state index is -0.619. The number of hydrogen-bond donors (Lipinski definition) is 1. The Bertz CT molecular complexity index is 1300.